The second-order valence-electron chi connectivity index (χ2n) is 4.78. The van der Waals surface area contributed by atoms with Crippen molar-refractivity contribution in [2.45, 2.75) is 19.9 Å². The molecule has 0 aromatic carbocycles. The van der Waals surface area contributed by atoms with Crippen LogP contribution in [-0.4, -0.2) is 45.2 Å². The highest BCUT2D eigenvalue weighted by atomic mass is 32.1. The average molecular weight is 278 g/mol. The molecule has 0 bridgehead atoms. The average Bonchev–Trinajstić information content (AvgIpc) is 2.78. The molecular weight excluding hydrogens is 264 g/mol. The number of aryl methyl sites for hydroxylation is 1. The first-order chi connectivity index (χ1) is 9.02. The van der Waals surface area contributed by atoms with Gasteiger partial charge >= 0.3 is 0 Å². The molecular formula is C12H14N4O2S. The number of nitrogens with one attached hydrogen (secondary N) is 1. The minimum absolute atomic E-state index is 0.00903. The van der Waals surface area contributed by atoms with Gasteiger partial charge in [-0.25, -0.2) is 4.98 Å². The maximum Gasteiger partial charge on any atom is 0.265 e. The summed E-state index contributed by atoms with van der Waals surface area (Å²) in [5.41, 5.74) is 0.944. The van der Waals surface area contributed by atoms with Crippen LogP contribution in [0, 0.1) is 6.92 Å². The Balaban J connectivity index is 1.68. The third-order valence-corrected chi connectivity index (χ3v) is 4.05. The molecule has 0 spiro atoms. The topological polar surface area (TPSA) is 66.7 Å². The molecule has 2 amide bonds. The fourth-order valence-electron chi connectivity index (χ4n) is 2.19. The maximum atomic E-state index is 12.2. The fourth-order valence-corrected chi connectivity index (χ4v) is 3.17. The standard InChI is InChI=1S/C12H14N4O2S/c1-7-3-16-6-10(19-12(16)13-7)11(18)15-4-9(5-15)14-8(2)17/h3,6,9H,4-5H2,1-2H3,(H,14,17). The molecule has 2 aromatic heterocycles. The zero-order chi connectivity index (χ0) is 13.6. The monoisotopic (exact) mass is 278 g/mol. The third-order valence-electron chi connectivity index (χ3n) is 3.06. The number of thiazole rings is 1. The molecule has 3 rings (SSSR count). The van der Waals surface area contributed by atoms with Gasteiger partial charge in [0.15, 0.2) is 4.96 Å². The Kier molecular flexibility index (Phi) is 2.78. The molecule has 100 valence electrons. The molecule has 7 heteroatoms. The zero-order valence-electron chi connectivity index (χ0n) is 10.7. The molecule has 0 unspecified atom stereocenters. The predicted octanol–water partition coefficient (Wildman–Crippen LogP) is 0.665. The summed E-state index contributed by atoms with van der Waals surface area (Å²) in [6.07, 6.45) is 3.72. The lowest BCUT2D eigenvalue weighted by atomic mass is 10.1. The Morgan fingerprint density at radius 1 is 1.42 bits per heavy atom. The first-order valence-corrected chi connectivity index (χ1v) is 6.86. The highest BCUT2D eigenvalue weighted by Gasteiger charge is 2.32. The van der Waals surface area contributed by atoms with Crippen LogP contribution in [0.25, 0.3) is 4.96 Å². The lowest BCUT2D eigenvalue weighted by Crippen LogP contribution is -2.60. The largest absolute Gasteiger partial charge is 0.350 e. The lowest BCUT2D eigenvalue weighted by molar-refractivity contribution is -0.120. The van der Waals surface area contributed by atoms with Crippen molar-refractivity contribution in [1.82, 2.24) is 19.6 Å². The molecule has 0 radical (unpaired) electrons. The number of carbonyl (C=O) groups is 2. The molecule has 2 aromatic rings. The number of hydrogen-bond donors (Lipinski definition) is 1. The Morgan fingerprint density at radius 2 is 2.16 bits per heavy atom. The van der Waals surface area contributed by atoms with E-state index >= 15 is 0 Å². The van der Waals surface area contributed by atoms with Crippen LogP contribution >= 0.6 is 11.3 Å². The van der Waals surface area contributed by atoms with E-state index in [2.05, 4.69) is 10.3 Å². The number of rotatable bonds is 2. The van der Waals surface area contributed by atoms with E-state index in [1.54, 1.807) is 4.90 Å². The van der Waals surface area contributed by atoms with Crippen molar-refractivity contribution >= 4 is 28.1 Å². The van der Waals surface area contributed by atoms with Crippen molar-refractivity contribution in [2.24, 2.45) is 0 Å². The van der Waals surface area contributed by atoms with Crippen LogP contribution in [0.1, 0.15) is 22.3 Å². The van der Waals surface area contributed by atoms with Crippen LogP contribution in [-0.2, 0) is 4.79 Å². The Morgan fingerprint density at radius 3 is 2.79 bits per heavy atom. The van der Waals surface area contributed by atoms with Crippen molar-refractivity contribution in [3.63, 3.8) is 0 Å². The number of nitrogens with zero attached hydrogens (tertiary/aromatic N) is 3. The molecule has 19 heavy (non-hydrogen) atoms. The first-order valence-electron chi connectivity index (χ1n) is 6.04. The van der Waals surface area contributed by atoms with Gasteiger partial charge in [-0.15, -0.1) is 0 Å². The number of hydrogen-bond acceptors (Lipinski definition) is 4. The molecule has 1 N–H and O–H groups in total. The van der Waals surface area contributed by atoms with Crippen molar-refractivity contribution < 1.29 is 9.59 Å². The second-order valence-corrected chi connectivity index (χ2v) is 5.78. The van der Waals surface area contributed by atoms with E-state index in [0.29, 0.717) is 18.0 Å². The highest BCUT2D eigenvalue weighted by Crippen LogP contribution is 2.21. The molecule has 3 heterocycles. The number of imidazole rings is 1. The van der Waals surface area contributed by atoms with Gasteiger partial charge in [-0.3, -0.25) is 14.0 Å². The van der Waals surface area contributed by atoms with Gasteiger partial charge in [0.05, 0.1) is 11.7 Å². The SMILES string of the molecule is CC(=O)NC1CN(C(=O)c2cn3cc(C)nc3s2)C1. The summed E-state index contributed by atoms with van der Waals surface area (Å²) in [5, 5.41) is 2.80. The Bertz CT molecular complexity index is 622. The van der Waals surface area contributed by atoms with Crippen LogP contribution in [0.2, 0.25) is 0 Å². The van der Waals surface area contributed by atoms with E-state index in [1.165, 1.54) is 18.3 Å². The molecule has 1 aliphatic heterocycles. The summed E-state index contributed by atoms with van der Waals surface area (Å²) < 4.78 is 1.87. The van der Waals surface area contributed by atoms with E-state index < -0.39 is 0 Å². The van der Waals surface area contributed by atoms with Crippen LogP contribution in [0.4, 0.5) is 0 Å². The number of fused-ring (bicyclic) bond motifs is 1. The van der Waals surface area contributed by atoms with Gasteiger partial charge in [0.25, 0.3) is 5.91 Å². The van der Waals surface area contributed by atoms with Crippen molar-refractivity contribution in [3.8, 4) is 0 Å². The third kappa shape index (κ3) is 2.21. The summed E-state index contributed by atoms with van der Waals surface area (Å²) in [7, 11) is 0. The molecule has 1 aliphatic rings. The molecule has 0 aliphatic carbocycles. The number of aromatic nitrogens is 2. The summed E-state index contributed by atoms with van der Waals surface area (Å²) in [6, 6.07) is 0.0905. The van der Waals surface area contributed by atoms with E-state index in [0.717, 1.165) is 10.7 Å². The van der Waals surface area contributed by atoms with Crippen LogP contribution in [0.15, 0.2) is 12.4 Å². The lowest BCUT2D eigenvalue weighted by Gasteiger charge is -2.39. The van der Waals surface area contributed by atoms with Crippen LogP contribution < -0.4 is 5.32 Å². The minimum atomic E-state index is -0.0535. The summed E-state index contributed by atoms with van der Waals surface area (Å²) >= 11 is 1.39. The van der Waals surface area contributed by atoms with Crippen molar-refractivity contribution in [3.05, 3.63) is 23.0 Å². The number of likely N-dealkylation sites (tertiary alicyclic amines) is 1. The van der Waals surface area contributed by atoms with Gasteiger partial charge in [0.1, 0.15) is 4.88 Å². The second kappa shape index (κ2) is 4.34. The smallest absolute Gasteiger partial charge is 0.265 e. The minimum Gasteiger partial charge on any atom is -0.350 e. The van der Waals surface area contributed by atoms with Gasteiger partial charge in [-0.2, -0.15) is 0 Å². The summed E-state index contributed by atoms with van der Waals surface area (Å²) in [6.45, 7) is 4.57. The van der Waals surface area contributed by atoms with Gasteiger partial charge in [0.2, 0.25) is 5.91 Å². The van der Waals surface area contributed by atoms with E-state index in [1.807, 2.05) is 23.7 Å². The van der Waals surface area contributed by atoms with Crippen LogP contribution in [0.3, 0.4) is 0 Å². The Labute approximate surface area is 114 Å². The first kappa shape index (κ1) is 12.2. The summed E-state index contributed by atoms with van der Waals surface area (Å²) in [5.74, 6) is -0.0445. The van der Waals surface area contributed by atoms with E-state index in [-0.39, 0.29) is 17.9 Å². The quantitative estimate of drug-likeness (QED) is 0.877. The molecule has 1 saturated heterocycles. The number of amides is 2. The number of carbonyl (C=O) groups excluding carboxylic acids is 2. The van der Waals surface area contributed by atoms with Gasteiger partial charge < -0.3 is 10.2 Å². The molecule has 0 saturated carbocycles. The Hall–Kier alpha value is -1.89. The predicted molar refractivity (Wildman–Crippen MR) is 71.3 cm³/mol. The van der Waals surface area contributed by atoms with Gasteiger partial charge in [-0.1, -0.05) is 11.3 Å². The van der Waals surface area contributed by atoms with Crippen molar-refractivity contribution in [2.75, 3.05) is 13.1 Å². The van der Waals surface area contributed by atoms with Crippen molar-refractivity contribution in [1.29, 1.82) is 0 Å². The maximum absolute atomic E-state index is 12.2. The highest BCUT2D eigenvalue weighted by molar-refractivity contribution is 7.18. The normalized spacial score (nSPS) is 15.6. The zero-order valence-corrected chi connectivity index (χ0v) is 11.5. The fraction of sp³-hybridized carbons (Fsp3) is 0.417. The van der Waals surface area contributed by atoms with E-state index in [9.17, 15) is 9.59 Å². The summed E-state index contributed by atoms with van der Waals surface area (Å²) in [4.78, 5) is 30.7. The molecule has 0 atom stereocenters. The van der Waals surface area contributed by atoms with E-state index in [4.69, 9.17) is 0 Å². The van der Waals surface area contributed by atoms with Gasteiger partial charge in [-0.05, 0) is 6.92 Å². The van der Waals surface area contributed by atoms with Gasteiger partial charge in [0, 0.05) is 32.4 Å². The van der Waals surface area contributed by atoms with Crippen LogP contribution in [0.5, 0.6) is 0 Å². The molecule has 1 fully saturated rings. The molecule has 6 nitrogen and oxygen atoms in total.